The Morgan fingerprint density at radius 1 is 1.05 bits per heavy atom. The predicted molar refractivity (Wildman–Crippen MR) is 146 cm³/mol. The first-order chi connectivity index (χ1) is 18.6. The van der Waals surface area contributed by atoms with Gasteiger partial charge in [0, 0.05) is 65.3 Å². The summed E-state index contributed by atoms with van der Waals surface area (Å²) in [5.41, 5.74) is 1.12. The second-order valence-electron chi connectivity index (χ2n) is 11.0. The fourth-order valence-electron chi connectivity index (χ4n) is 5.05. The number of benzene rings is 1. The van der Waals surface area contributed by atoms with Crippen molar-refractivity contribution in [3.63, 3.8) is 0 Å². The minimum atomic E-state index is -5.08. The summed E-state index contributed by atoms with van der Waals surface area (Å²) in [6.07, 6.45) is -3.64. The van der Waals surface area contributed by atoms with Crippen LogP contribution >= 0.6 is 0 Å². The predicted octanol–water partition coefficient (Wildman–Crippen LogP) is 3.23. The minimum absolute atomic E-state index is 0.0343. The van der Waals surface area contributed by atoms with Crippen LogP contribution in [0.15, 0.2) is 29.2 Å². The summed E-state index contributed by atoms with van der Waals surface area (Å²) in [6, 6.07) is 7.22. The van der Waals surface area contributed by atoms with E-state index in [9.17, 15) is 26.4 Å². The van der Waals surface area contributed by atoms with Gasteiger partial charge in [0.1, 0.15) is 0 Å². The lowest BCUT2D eigenvalue weighted by Gasteiger charge is -2.36. The molecular weight excluding hydrogens is 549 g/mol. The minimum Gasteiger partial charge on any atom is -0.475 e. The second kappa shape index (κ2) is 15.1. The molecule has 0 radical (unpaired) electrons. The summed E-state index contributed by atoms with van der Waals surface area (Å²) in [4.78, 5) is 26.2. The Balaban J connectivity index is 0.000000708. The molecule has 2 aliphatic rings. The Morgan fingerprint density at radius 3 is 2.05 bits per heavy atom. The first kappa shape index (κ1) is 34.0. The third-order valence-corrected chi connectivity index (χ3v) is 8.99. The van der Waals surface area contributed by atoms with E-state index in [0.717, 1.165) is 31.7 Å². The quantitative estimate of drug-likeness (QED) is 0.453. The molecule has 1 aromatic rings. The topological polar surface area (TPSA) is 110 Å². The molecule has 40 heavy (non-hydrogen) atoms. The summed E-state index contributed by atoms with van der Waals surface area (Å²) in [7, 11) is -3.67. The number of rotatable bonds is 9. The van der Waals surface area contributed by atoms with Crippen LogP contribution < -0.4 is 5.32 Å². The molecule has 0 aliphatic carbocycles. The van der Waals surface area contributed by atoms with Crippen molar-refractivity contribution in [1.29, 1.82) is 0 Å². The lowest BCUT2D eigenvalue weighted by Crippen LogP contribution is -2.48. The lowest BCUT2D eigenvalue weighted by molar-refractivity contribution is -0.192. The van der Waals surface area contributed by atoms with Crippen molar-refractivity contribution >= 4 is 21.9 Å². The molecular formula is C27H43F3N4O5S. The largest absolute Gasteiger partial charge is 0.490 e. The summed E-state index contributed by atoms with van der Waals surface area (Å²) >= 11 is 0. The Bertz CT molecular complexity index is 1050. The molecule has 2 fully saturated rings. The Kier molecular flexibility index (Phi) is 12.9. The number of nitrogens with zero attached hydrogens (tertiary/aromatic N) is 3. The number of likely N-dealkylation sites (tertiary alicyclic amines) is 1. The highest BCUT2D eigenvalue weighted by molar-refractivity contribution is 7.89. The number of piperidine rings is 1. The van der Waals surface area contributed by atoms with Crippen molar-refractivity contribution < 1.29 is 36.3 Å². The van der Waals surface area contributed by atoms with Crippen LogP contribution in [0.2, 0.25) is 0 Å². The number of hydrogen-bond donors (Lipinski definition) is 2. The number of aliphatic carboxylic acids is 1. The van der Waals surface area contributed by atoms with Gasteiger partial charge < -0.3 is 20.2 Å². The van der Waals surface area contributed by atoms with Gasteiger partial charge in [-0.2, -0.15) is 17.5 Å². The van der Waals surface area contributed by atoms with E-state index >= 15 is 0 Å². The Hall–Kier alpha value is -2.22. The van der Waals surface area contributed by atoms with Gasteiger partial charge in [-0.15, -0.1) is 0 Å². The van der Waals surface area contributed by atoms with E-state index in [1.54, 1.807) is 12.1 Å². The van der Waals surface area contributed by atoms with E-state index in [1.165, 1.54) is 10.7 Å². The maximum Gasteiger partial charge on any atom is 0.490 e. The van der Waals surface area contributed by atoms with Crippen LogP contribution in [0.4, 0.5) is 13.2 Å². The molecule has 2 atom stereocenters. The number of amides is 1. The van der Waals surface area contributed by atoms with E-state index in [2.05, 4.69) is 37.9 Å². The van der Waals surface area contributed by atoms with Crippen molar-refractivity contribution in [3.8, 4) is 0 Å². The molecule has 228 valence electrons. The second-order valence-corrected chi connectivity index (χ2v) is 13.0. The van der Waals surface area contributed by atoms with E-state index in [1.807, 2.05) is 17.0 Å². The van der Waals surface area contributed by atoms with Gasteiger partial charge in [-0.25, -0.2) is 13.2 Å². The Morgan fingerprint density at radius 2 is 1.57 bits per heavy atom. The number of carboxylic acid groups (broad SMARTS) is 1. The molecule has 1 amide bonds. The maximum atomic E-state index is 13.6. The van der Waals surface area contributed by atoms with Crippen LogP contribution in [0.25, 0.3) is 0 Å². The molecule has 13 heteroatoms. The van der Waals surface area contributed by atoms with Crippen molar-refractivity contribution in [2.45, 2.75) is 57.5 Å². The normalized spacial score (nSPS) is 20.8. The molecule has 2 N–H and O–H groups in total. The maximum absolute atomic E-state index is 13.6. The highest BCUT2D eigenvalue weighted by atomic mass is 32.2. The van der Waals surface area contributed by atoms with Gasteiger partial charge in [-0.1, -0.05) is 39.8 Å². The molecule has 2 saturated heterocycles. The standard InChI is InChI=1S/C25H42N4O3S.C2HF3O2/c1-20(2)23-5-7-24(8-6-23)33(31,32)29(12-9-25(30)28-13-10-26-11-14-28)16-15-27-18-21(3)17-22(4)19-27;3-2(4,5)1(6)7/h5-8,20-22,26H,9-19H2,1-4H3;(H,6,7). The van der Waals surface area contributed by atoms with E-state index in [0.29, 0.717) is 48.8 Å². The molecule has 0 spiro atoms. The van der Waals surface area contributed by atoms with Gasteiger partial charge in [0.15, 0.2) is 0 Å². The van der Waals surface area contributed by atoms with Gasteiger partial charge >= 0.3 is 12.1 Å². The van der Waals surface area contributed by atoms with Gasteiger partial charge in [-0.05, 0) is 41.9 Å². The molecule has 0 bridgehead atoms. The Labute approximate surface area is 235 Å². The van der Waals surface area contributed by atoms with Gasteiger partial charge in [0.25, 0.3) is 0 Å². The number of sulfonamides is 1. The zero-order chi connectivity index (χ0) is 30.1. The lowest BCUT2D eigenvalue weighted by atomic mass is 9.92. The van der Waals surface area contributed by atoms with Crippen LogP contribution in [-0.2, 0) is 19.6 Å². The molecule has 1 aromatic carbocycles. The molecule has 3 rings (SSSR count). The third-order valence-electron chi connectivity index (χ3n) is 7.08. The van der Waals surface area contributed by atoms with Crippen LogP contribution in [0.5, 0.6) is 0 Å². The molecule has 9 nitrogen and oxygen atoms in total. The van der Waals surface area contributed by atoms with E-state index < -0.39 is 22.2 Å². The average Bonchev–Trinajstić information content (AvgIpc) is 2.88. The van der Waals surface area contributed by atoms with Crippen molar-refractivity contribution in [1.82, 2.24) is 19.4 Å². The number of carbonyl (C=O) groups excluding carboxylic acids is 1. The van der Waals surface area contributed by atoms with Gasteiger partial charge in [0.05, 0.1) is 4.90 Å². The molecule has 2 aliphatic heterocycles. The summed E-state index contributed by atoms with van der Waals surface area (Å²) < 4.78 is 60.4. The average molecular weight is 593 g/mol. The highest BCUT2D eigenvalue weighted by Gasteiger charge is 2.38. The zero-order valence-electron chi connectivity index (χ0n) is 23.8. The van der Waals surface area contributed by atoms with Crippen LogP contribution in [0.3, 0.4) is 0 Å². The van der Waals surface area contributed by atoms with Crippen LogP contribution in [0, 0.1) is 11.8 Å². The van der Waals surface area contributed by atoms with Crippen molar-refractivity contribution in [3.05, 3.63) is 29.8 Å². The summed E-state index contributed by atoms with van der Waals surface area (Å²) in [6.45, 7) is 15.0. The fraction of sp³-hybridized carbons (Fsp3) is 0.704. The number of hydrogen-bond acceptors (Lipinski definition) is 6. The first-order valence-corrected chi connectivity index (χ1v) is 15.2. The van der Waals surface area contributed by atoms with E-state index in [-0.39, 0.29) is 18.9 Å². The number of nitrogens with one attached hydrogen (secondary N) is 1. The van der Waals surface area contributed by atoms with Crippen LogP contribution in [0.1, 0.15) is 52.0 Å². The van der Waals surface area contributed by atoms with Gasteiger partial charge in [-0.3, -0.25) is 4.79 Å². The molecule has 2 heterocycles. The van der Waals surface area contributed by atoms with Gasteiger partial charge in [0.2, 0.25) is 15.9 Å². The molecule has 0 saturated carbocycles. The molecule has 2 unspecified atom stereocenters. The number of halogens is 3. The van der Waals surface area contributed by atoms with Crippen molar-refractivity contribution in [2.75, 3.05) is 58.9 Å². The smallest absolute Gasteiger partial charge is 0.475 e. The zero-order valence-corrected chi connectivity index (χ0v) is 24.6. The third kappa shape index (κ3) is 10.6. The number of carbonyl (C=O) groups is 2. The molecule has 0 aromatic heterocycles. The first-order valence-electron chi connectivity index (χ1n) is 13.7. The fourth-order valence-corrected chi connectivity index (χ4v) is 6.48. The van der Waals surface area contributed by atoms with E-state index in [4.69, 9.17) is 9.90 Å². The number of piperazine rings is 1. The monoisotopic (exact) mass is 592 g/mol. The summed E-state index contributed by atoms with van der Waals surface area (Å²) in [5.74, 6) is -1.13. The summed E-state index contributed by atoms with van der Waals surface area (Å²) in [5, 5.41) is 10.4. The van der Waals surface area contributed by atoms with Crippen LogP contribution in [-0.4, -0.2) is 105 Å². The van der Waals surface area contributed by atoms with Crippen molar-refractivity contribution in [2.24, 2.45) is 11.8 Å². The highest BCUT2D eigenvalue weighted by Crippen LogP contribution is 2.23. The number of alkyl halides is 3. The number of carboxylic acids is 1. The SMILES string of the molecule is CC1CC(C)CN(CCN(CCC(=O)N2CCNCC2)S(=O)(=O)c2ccc(C(C)C)cc2)C1.O=C(O)C(F)(F)F.